The second-order valence-electron chi connectivity index (χ2n) is 5.87. The number of nitrogens with zero attached hydrogens (tertiary/aromatic N) is 1. The van der Waals surface area contributed by atoms with Gasteiger partial charge in [0.2, 0.25) is 10.0 Å². The topological polar surface area (TPSA) is 78.5 Å². The molecule has 0 radical (unpaired) electrons. The van der Waals surface area contributed by atoms with Crippen molar-refractivity contribution in [1.29, 1.82) is 0 Å². The van der Waals surface area contributed by atoms with Crippen molar-refractivity contribution in [2.45, 2.75) is 64.5 Å². The summed E-state index contributed by atoms with van der Waals surface area (Å²) in [5.74, 6) is 0. The quantitative estimate of drug-likeness (QED) is 0.749. The minimum Gasteiger partial charge on any atom is -0.337 e. The van der Waals surface area contributed by atoms with Crippen LogP contribution in [0.4, 0.5) is 4.79 Å². The van der Waals surface area contributed by atoms with E-state index in [0.717, 1.165) is 19.3 Å². The molecule has 0 saturated heterocycles. The Morgan fingerprint density at radius 2 is 1.90 bits per heavy atom. The number of hydrogen-bond acceptors (Lipinski definition) is 3. The second kappa shape index (κ2) is 8.58. The summed E-state index contributed by atoms with van der Waals surface area (Å²) < 4.78 is 24.9. The molecule has 1 fully saturated rings. The first-order valence-corrected chi connectivity index (χ1v) is 9.70. The van der Waals surface area contributed by atoms with E-state index in [1.165, 1.54) is 29.8 Å². The van der Waals surface area contributed by atoms with Gasteiger partial charge in [-0.25, -0.2) is 13.2 Å². The number of amides is 2. The van der Waals surface area contributed by atoms with Gasteiger partial charge in [-0.2, -0.15) is 4.31 Å². The molecule has 6 nitrogen and oxygen atoms in total. The third-order valence-electron chi connectivity index (χ3n) is 4.07. The molecule has 1 saturated carbocycles. The van der Waals surface area contributed by atoms with E-state index in [0.29, 0.717) is 13.1 Å². The molecule has 0 bridgehead atoms. The van der Waals surface area contributed by atoms with Gasteiger partial charge in [0.15, 0.2) is 0 Å². The fourth-order valence-corrected chi connectivity index (χ4v) is 3.91. The normalized spacial score (nSPS) is 18.5. The Hall–Kier alpha value is -0.820. The van der Waals surface area contributed by atoms with E-state index in [9.17, 15) is 13.2 Å². The maximum atomic E-state index is 11.8. The number of nitrogens with one attached hydrogen (secondary N) is 2. The summed E-state index contributed by atoms with van der Waals surface area (Å²) in [6, 6.07) is 0.0158. The van der Waals surface area contributed by atoms with Gasteiger partial charge in [0.25, 0.3) is 0 Å². The molecule has 2 N–H and O–H groups in total. The van der Waals surface area contributed by atoms with Gasteiger partial charge in [-0.15, -0.1) is 0 Å². The molecule has 0 aromatic carbocycles. The molecule has 0 spiro atoms. The first-order chi connectivity index (χ1) is 9.84. The predicted octanol–water partition coefficient (Wildman–Crippen LogP) is 1.68. The van der Waals surface area contributed by atoms with E-state index in [1.54, 1.807) is 0 Å². The summed E-state index contributed by atoms with van der Waals surface area (Å²) in [5, 5.41) is 5.71. The molecule has 7 heteroatoms. The standard InChI is InChI=1S/C14H29N3O3S/c1-4-12(2)17(21(3,19)20)11-10-15-14(18)16-13-8-6-5-7-9-13/h12-13H,4-11H2,1-3H3,(H2,15,16,18). The lowest BCUT2D eigenvalue weighted by Crippen LogP contribution is -2.47. The Kier molecular flexibility index (Phi) is 7.45. The molecule has 2 amide bonds. The van der Waals surface area contributed by atoms with Crippen molar-refractivity contribution in [2.24, 2.45) is 0 Å². The lowest BCUT2D eigenvalue weighted by atomic mass is 9.96. The van der Waals surface area contributed by atoms with Crippen LogP contribution in [-0.2, 0) is 10.0 Å². The van der Waals surface area contributed by atoms with Crippen molar-refractivity contribution in [3.05, 3.63) is 0 Å². The van der Waals surface area contributed by atoms with Gasteiger partial charge in [-0.05, 0) is 26.2 Å². The molecular formula is C14H29N3O3S. The predicted molar refractivity (Wildman–Crippen MR) is 84.7 cm³/mol. The van der Waals surface area contributed by atoms with Crippen LogP contribution in [0.2, 0.25) is 0 Å². The van der Waals surface area contributed by atoms with Crippen LogP contribution in [0.25, 0.3) is 0 Å². The number of rotatable bonds is 7. The summed E-state index contributed by atoms with van der Waals surface area (Å²) in [7, 11) is -3.24. The highest BCUT2D eigenvalue weighted by Gasteiger charge is 2.22. The number of carbonyl (C=O) groups excluding carboxylic acids is 1. The Labute approximate surface area is 128 Å². The highest BCUT2D eigenvalue weighted by molar-refractivity contribution is 7.88. The summed E-state index contributed by atoms with van der Waals surface area (Å²) in [5.41, 5.74) is 0. The van der Waals surface area contributed by atoms with Gasteiger partial charge in [0.1, 0.15) is 0 Å². The molecule has 1 unspecified atom stereocenters. The molecule has 0 aromatic heterocycles. The van der Waals surface area contributed by atoms with Crippen molar-refractivity contribution in [3.8, 4) is 0 Å². The molecule has 124 valence electrons. The van der Waals surface area contributed by atoms with E-state index in [2.05, 4.69) is 10.6 Å². The summed E-state index contributed by atoms with van der Waals surface area (Å²) >= 11 is 0. The van der Waals surface area contributed by atoms with Crippen molar-refractivity contribution in [1.82, 2.24) is 14.9 Å². The van der Waals surface area contributed by atoms with Gasteiger partial charge in [0, 0.05) is 25.2 Å². The molecule has 1 aliphatic rings. The van der Waals surface area contributed by atoms with Crippen molar-refractivity contribution in [2.75, 3.05) is 19.3 Å². The fraction of sp³-hybridized carbons (Fsp3) is 0.929. The Balaban J connectivity index is 2.34. The maximum absolute atomic E-state index is 11.8. The lowest BCUT2D eigenvalue weighted by Gasteiger charge is -2.26. The third kappa shape index (κ3) is 6.65. The van der Waals surface area contributed by atoms with Crippen LogP contribution in [0.1, 0.15) is 52.4 Å². The van der Waals surface area contributed by atoms with Gasteiger partial charge < -0.3 is 10.6 Å². The summed E-state index contributed by atoms with van der Waals surface area (Å²) in [6.45, 7) is 4.47. The molecular weight excluding hydrogens is 290 g/mol. The molecule has 1 rings (SSSR count). The number of sulfonamides is 1. The number of carbonyl (C=O) groups is 1. The fourth-order valence-electron chi connectivity index (χ4n) is 2.68. The van der Waals surface area contributed by atoms with E-state index >= 15 is 0 Å². The molecule has 1 aliphatic carbocycles. The van der Waals surface area contributed by atoms with Crippen LogP contribution in [0.5, 0.6) is 0 Å². The van der Waals surface area contributed by atoms with Crippen molar-refractivity contribution < 1.29 is 13.2 Å². The van der Waals surface area contributed by atoms with Crippen molar-refractivity contribution >= 4 is 16.1 Å². The molecule has 21 heavy (non-hydrogen) atoms. The first-order valence-electron chi connectivity index (χ1n) is 7.85. The number of urea groups is 1. The number of hydrogen-bond donors (Lipinski definition) is 2. The zero-order valence-electron chi connectivity index (χ0n) is 13.4. The van der Waals surface area contributed by atoms with E-state index in [1.807, 2.05) is 13.8 Å². The largest absolute Gasteiger partial charge is 0.337 e. The molecule has 0 aliphatic heterocycles. The van der Waals surface area contributed by atoms with Crippen LogP contribution < -0.4 is 10.6 Å². The monoisotopic (exact) mass is 319 g/mol. The maximum Gasteiger partial charge on any atom is 0.315 e. The summed E-state index contributed by atoms with van der Waals surface area (Å²) in [6.07, 6.45) is 7.62. The van der Waals surface area contributed by atoms with Crippen LogP contribution in [-0.4, -0.2) is 50.2 Å². The minimum absolute atomic E-state index is 0.0526. The molecule has 0 heterocycles. The SMILES string of the molecule is CCC(C)N(CCNC(=O)NC1CCCCC1)S(C)(=O)=O. The Morgan fingerprint density at radius 1 is 1.29 bits per heavy atom. The average Bonchev–Trinajstić information content (AvgIpc) is 2.42. The van der Waals surface area contributed by atoms with E-state index in [-0.39, 0.29) is 18.1 Å². The highest BCUT2D eigenvalue weighted by atomic mass is 32.2. The zero-order chi connectivity index (χ0) is 15.9. The van der Waals surface area contributed by atoms with Crippen LogP contribution in [0, 0.1) is 0 Å². The van der Waals surface area contributed by atoms with E-state index in [4.69, 9.17) is 0 Å². The smallest absolute Gasteiger partial charge is 0.315 e. The second-order valence-corrected chi connectivity index (χ2v) is 7.80. The molecule has 0 aromatic rings. The van der Waals surface area contributed by atoms with Crippen LogP contribution >= 0.6 is 0 Å². The van der Waals surface area contributed by atoms with E-state index < -0.39 is 10.0 Å². The first kappa shape index (κ1) is 18.2. The minimum atomic E-state index is -3.24. The van der Waals surface area contributed by atoms with Crippen molar-refractivity contribution in [3.63, 3.8) is 0 Å². The lowest BCUT2D eigenvalue weighted by molar-refractivity contribution is 0.230. The van der Waals surface area contributed by atoms with Crippen LogP contribution in [0.15, 0.2) is 0 Å². The average molecular weight is 319 g/mol. The third-order valence-corrected chi connectivity index (χ3v) is 5.46. The summed E-state index contributed by atoms with van der Waals surface area (Å²) in [4.78, 5) is 11.8. The Morgan fingerprint density at radius 3 is 2.43 bits per heavy atom. The van der Waals surface area contributed by atoms with Gasteiger partial charge >= 0.3 is 6.03 Å². The highest BCUT2D eigenvalue weighted by Crippen LogP contribution is 2.17. The Bertz CT molecular complexity index is 419. The zero-order valence-corrected chi connectivity index (χ0v) is 14.2. The van der Waals surface area contributed by atoms with Crippen LogP contribution in [0.3, 0.4) is 0 Å². The van der Waals surface area contributed by atoms with Gasteiger partial charge in [-0.3, -0.25) is 0 Å². The molecule has 1 atom stereocenters. The van der Waals surface area contributed by atoms with Gasteiger partial charge in [-0.1, -0.05) is 26.2 Å². The van der Waals surface area contributed by atoms with Gasteiger partial charge in [0.05, 0.1) is 6.26 Å².